The molecule has 0 saturated heterocycles. The Morgan fingerprint density at radius 3 is 2.74 bits per heavy atom. The number of sulfonamides is 1. The van der Waals surface area contributed by atoms with Gasteiger partial charge < -0.3 is 0 Å². The summed E-state index contributed by atoms with van der Waals surface area (Å²) in [6.45, 7) is 1.95. The van der Waals surface area contributed by atoms with Crippen LogP contribution in [-0.4, -0.2) is 25.7 Å². The van der Waals surface area contributed by atoms with E-state index < -0.39 is 15.4 Å². The van der Waals surface area contributed by atoms with Crippen molar-refractivity contribution in [3.8, 4) is 0 Å². The fourth-order valence-corrected chi connectivity index (χ4v) is 7.29. The van der Waals surface area contributed by atoms with Gasteiger partial charge in [-0.25, -0.2) is 8.42 Å². The van der Waals surface area contributed by atoms with E-state index >= 15 is 0 Å². The lowest BCUT2D eigenvalue weighted by Gasteiger charge is -2.24. The number of ketones is 1. The zero-order chi connectivity index (χ0) is 19.2. The summed E-state index contributed by atoms with van der Waals surface area (Å²) in [6, 6.07) is 11.1. The topological polar surface area (TPSA) is 87.1 Å². The van der Waals surface area contributed by atoms with Gasteiger partial charge in [0.2, 0.25) is 10.0 Å². The van der Waals surface area contributed by atoms with Crippen molar-refractivity contribution in [2.75, 3.05) is 10.5 Å². The second-order valence-corrected chi connectivity index (χ2v) is 10.5. The van der Waals surface area contributed by atoms with Crippen LogP contribution in [0.4, 0.5) is 5.00 Å². The maximum Gasteiger partial charge on any atom is 0.234 e. The van der Waals surface area contributed by atoms with E-state index in [1.165, 1.54) is 11.3 Å². The SMILES string of the molecule is Cc1ccccc1C(=N)c1ccc(NS(=O)(=O)CC23CCC(CC2=O)C3)s1. The molecule has 1 heterocycles. The van der Waals surface area contributed by atoms with Crippen molar-refractivity contribution in [3.63, 3.8) is 0 Å². The van der Waals surface area contributed by atoms with Gasteiger partial charge in [-0.1, -0.05) is 24.3 Å². The first kappa shape index (κ1) is 18.4. The van der Waals surface area contributed by atoms with E-state index in [0.717, 1.165) is 17.5 Å². The van der Waals surface area contributed by atoms with Gasteiger partial charge in [-0.3, -0.25) is 14.9 Å². The molecule has 2 bridgehead atoms. The number of thiophene rings is 1. The molecule has 2 atom stereocenters. The van der Waals surface area contributed by atoms with Gasteiger partial charge in [0.15, 0.2) is 0 Å². The number of carbonyl (C=O) groups is 1. The van der Waals surface area contributed by atoms with Gasteiger partial charge in [-0.15, -0.1) is 11.3 Å². The third kappa shape index (κ3) is 3.46. The van der Waals surface area contributed by atoms with Crippen molar-refractivity contribution in [3.05, 3.63) is 52.4 Å². The average molecular weight is 403 g/mol. The maximum atomic E-state index is 12.7. The number of hydrogen-bond acceptors (Lipinski definition) is 5. The minimum Gasteiger partial charge on any atom is -0.299 e. The largest absolute Gasteiger partial charge is 0.299 e. The highest BCUT2D eigenvalue weighted by Gasteiger charge is 2.53. The summed E-state index contributed by atoms with van der Waals surface area (Å²) < 4.78 is 28.0. The van der Waals surface area contributed by atoms with Crippen molar-refractivity contribution in [2.45, 2.75) is 32.6 Å². The molecule has 4 rings (SSSR count). The zero-order valence-corrected chi connectivity index (χ0v) is 16.8. The van der Waals surface area contributed by atoms with Gasteiger partial charge >= 0.3 is 0 Å². The van der Waals surface area contributed by atoms with Crippen LogP contribution in [0.3, 0.4) is 0 Å². The molecule has 2 unspecified atom stereocenters. The maximum absolute atomic E-state index is 12.7. The second-order valence-electron chi connectivity index (χ2n) is 7.73. The van der Waals surface area contributed by atoms with Gasteiger partial charge in [0.25, 0.3) is 0 Å². The Kier molecular flexibility index (Phi) is 4.47. The van der Waals surface area contributed by atoms with E-state index in [4.69, 9.17) is 5.41 Å². The van der Waals surface area contributed by atoms with Crippen LogP contribution in [0, 0.1) is 23.7 Å². The Morgan fingerprint density at radius 1 is 1.30 bits per heavy atom. The van der Waals surface area contributed by atoms with E-state index in [1.807, 2.05) is 31.2 Å². The Hall–Kier alpha value is -1.99. The standard InChI is InChI=1S/C20H22N2O3S2/c1-13-4-2-3-5-15(13)19(21)16-6-7-18(26-16)22-27(24,25)12-20-9-8-14(11-20)10-17(20)23/h2-7,14,21-22H,8-12H2,1H3. The van der Waals surface area contributed by atoms with Crippen LogP contribution in [-0.2, 0) is 14.8 Å². The number of anilines is 1. The molecule has 0 spiro atoms. The van der Waals surface area contributed by atoms with Crippen molar-refractivity contribution in [2.24, 2.45) is 11.3 Å². The molecule has 2 aliphatic rings. The highest BCUT2D eigenvalue weighted by molar-refractivity contribution is 7.93. The van der Waals surface area contributed by atoms with Crippen molar-refractivity contribution in [1.29, 1.82) is 5.41 Å². The van der Waals surface area contributed by atoms with Crippen molar-refractivity contribution < 1.29 is 13.2 Å². The number of aryl methyl sites for hydroxylation is 1. The zero-order valence-electron chi connectivity index (χ0n) is 15.1. The third-order valence-corrected chi connectivity index (χ3v) is 8.38. The molecule has 0 aliphatic heterocycles. The first-order valence-electron chi connectivity index (χ1n) is 9.07. The summed E-state index contributed by atoms with van der Waals surface area (Å²) in [7, 11) is -3.61. The Balaban J connectivity index is 1.50. The van der Waals surface area contributed by atoms with Crippen LogP contribution >= 0.6 is 11.3 Å². The number of benzene rings is 1. The molecular weight excluding hydrogens is 380 g/mol. The predicted octanol–water partition coefficient (Wildman–Crippen LogP) is 3.97. The normalized spacial score (nSPS) is 24.3. The molecule has 2 N–H and O–H groups in total. The second kappa shape index (κ2) is 6.56. The number of hydrogen-bond donors (Lipinski definition) is 2. The fraction of sp³-hybridized carbons (Fsp3) is 0.400. The number of rotatable bonds is 6. The van der Waals surface area contributed by atoms with Crippen LogP contribution in [0.2, 0.25) is 0 Å². The number of fused-ring (bicyclic) bond motifs is 2. The molecule has 7 heteroatoms. The molecule has 2 aromatic rings. The predicted molar refractivity (Wildman–Crippen MR) is 108 cm³/mol. The summed E-state index contributed by atoms with van der Waals surface area (Å²) in [5, 5.41) is 8.90. The van der Waals surface area contributed by atoms with Gasteiger partial charge in [-0.05, 0) is 49.8 Å². The van der Waals surface area contributed by atoms with Gasteiger partial charge in [0.1, 0.15) is 10.8 Å². The van der Waals surface area contributed by atoms with Gasteiger partial charge in [0.05, 0.1) is 16.3 Å². The first-order chi connectivity index (χ1) is 12.8. The Morgan fingerprint density at radius 2 is 2.07 bits per heavy atom. The van der Waals surface area contributed by atoms with E-state index in [0.29, 0.717) is 40.8 Å². The van der Waals surface area contributed by atoms with Crippen LogP contribution in [0.25, 0.3) is 0 Å². The minimum absolute atomic E-state index is 0.109. The monoisotopic (exact) mass is 402 g/mol. The highest BCUT2D eigenvalue weighted by atomic mass is 32.2. The summed E-state index contributed by atoms with van der Waals surface area (Å²) in [4.78, 5) is 13.0. The number of nitrogens with one attached hydrogen (secondary N) is 2. The third-order valence-electron chi connectivity index (χ3n) is 5.77. The molecule has 2 saturated carbocycles. The smallest absolute Gasteiger partial charge is 0.234 e. The summed E-state index contributed by atoms with van der Waals surface area (Å²) in [5.41, 5.74) is 1.55. The molecule has 142 valence electrons. The van der Waals surface area contributed by atoms with Crippen molar-refractivity contribution in [1.82, 2.24) is 0 Å². The van der Waals surface area contributed by atoms with Crippen LogP contribution in [0.15, 0.2) is 36.4 Å². The Labute approximate surface area is 163 Å². The number of carbonyl (C=O) groups excluding carboxylic acids is 1. The molecule has 2 aliphatic carbocycles. The number of Topliss-reactive ketones (excluding diaryl/α,β-unsaturated/α-hetero) is 1. The molecule has 0 radical (unpaired) electrons. The summed E-state index contributed by atoms with van der Waals surface area (Å²) in [5.74, 6) is 0.352. The van der Waals surface area contributed by atoms with Gasteiger partial charge in [-0.2, -0.15) is 0 Å². The lowest BCUT2D eigenvalue weighted by atomic mass is 9.85. The summed E-state index contributed by atoms with van der Waals surface area (Å²) in [6.07, 6.45) is 2.88. The molecule has 5 nitrogen and oxygen atoms in total. The Bertz CT molecular complexity index is 1030. The lowest BCUT2D eigenvalue weighted by Crippen LogP contribution is -2.35. The van der Waals surface area contributed by atoms with Crippen LogP contribution in [0.1, 0.15) is 41.7 Å². The summed E-state index contributed by atoms with van der Waals surface area (Å²) >= 11 is 1.25. The van der Waals surface area contributed by atoms with E-state index in [1.54, 1.807) is 12.1 Å². The molecule has 0 amide bonds. The van der Waals surface area contributed by atoms with E-state index in [9.17, 15) is 13.2 Å². The molecule has 27 heavy (non-hydrogen) atoms. The molecule has 2 fully saturated rings. The van der Waals surface area contributed by atoms with Gasteiger partial charge in [0, 0.05) is 17.4 Å². The highest BCUT2D eigenvalue weighted by Crippen LogP contribution is 2.52. The van der Waals surface area contributed by atoms with Crippen LogP contribution < -0.4 is 4.72 Å². The van der Waals surface area contributed by atoms with Crippen molar-refractivity contribution >= 4 is 37.9 Å². The quantitative estimate of drug-likeness (QED) is 0.717. The minimum atomic E-state index is -3.61. The molecule has 1 aromatic heterocycles. The van der Waals surface area contributed by atoms with Crippen LogP contribution in [0.5, 0.6) is 0 Å². The van der Waals surface area contributed by atoms with E-state index in [-0.39, 0.29) is 11.5 Å². The lowest BCUT2D eigenvalue weighted by molar-refractivity contribution is -0.125. The average Bonchev–Trinajstić information content (AvgIpc) is 3.28. The first-order valence-corrected chi connectivity index (χ1v) is 11.5. The van der Waals surface area contributed by atoms with E-state index in [2.05, 4.69) is 4.72 Å². The fourth-order valence-electron chi connectivity index (χ4n) is 4.42. The molecule has 1 aromatic carbocycles. The molecular formula is C20H22N2O3S2.